The minimum atomic E-state index is -1.32. The maximum absolute atomic E-state index is 6.36. The first-order chi connectivity index (χ1) is 13.7. The quantitative estimate of drug-likeness (QED) is 0.318. The molecular weight excluding hydrogens is 404 g/mol. The molecule has 6 heteroatoms. The van der Waals surface area contributed by atoms with Gasteiger partial charge >= 0.3 is 0 Å². The van der Waals surface area contributed by atoms with Gasteiger partial charge in [-0.05, 0) is 54.9 Å². The lowest BCUT2D eigenvalue weighted by Gasteiger charge is -2.22. The SMILES string of the molecule is COCCOc1c(O[SiH](C)C)ccc2oc(-c3ccc(Cl)cc3)c(C(C)(C)C)c12. The topological polar surface area (TPSA) is 40.8 Å². The van der Waals surface area contributed by atoms with Gasteiger partial charge in [0.1, 0.15) is 23.7 Å². The van der Waals surface area contributed by atoms with Crippen molar-refractivity contribution in [1.29, 1.82) is 0 Å². The predicted molar refractivity (Wildman–Crippen MR) is 122 cm³/mol. The largest absolute Gasteiger partial charge is 0.544 e. The molecule has 4 nitrogen and oxygen atoms in total. The van der Waals surface area contributed by atoms with Crippen LogP contribution >= 0.6 is 11.6 Å². The third-order valence-corrected chi connectivity index (χ3v) is 5.50. The van der Waals surface area contributed by atoms with E-state index in [0.29, 0.717) is 18.2 Å². The van der Waals surface area contributed by atoms with Crippen molar-refractivity contribution < 1.29 is 18.3 Å². The second kappa shape index (κ2) is 8.82. The van der Waals surface area contributed by atoms with Gasteiger partial charge in [-0.25, -0.2) is 0 Å². The van der Waals surface area contributed by atoms with Crippen LogP contribution in [-0.4, -0.2) is 29.4 Å². The average molecular weight is 433 g/mol. The van der Waals surface area contributed by atoms with Gasteiger partial charge in [-0.3, -0.25) is 0 Å². The Morgan fingerprint density at radius 1 is 1.00 bits per heavy atom. The Kier molecular flexibility index (Phi) is 6.61. The molecule has 1 aromatic heterocycles. The number of methoxy groups -OCH3 is 1. The minimum absolute atomic E-state index is 0.173. The van der Waals surface area contributed by atoms with Crippen molar-refractivity contribution in [1.82, 2.24) is 0 Å². The Morgan fingerprint density at radius 3 is 2.28 bits per heavy atom. The van der Waals surface area contributed by atoms with E-state index in [-0.39, 0.29) is 5.41 Å². The molecule has 3 aromatic rings. The highest BCUT2D eigenvalue weighted by Crippen LogP contribution is 2.48. The van der Waals surface area contributed by atoms with Crippen LogP contribution in [0.1, 0.15) is 26.3 Å². The van der Waals surface area contributed by atoms with E-state index in [0.717, 1.165) is 39.4 Å². The van der Waals surface area contributed by atoms with Gasteiger partial charge in [0.05, 0.1) is 12.0 Å². The summed E-state index contributed by atoms with van der Waals surface area (Å²) in [6.07, 6.45) is 0. The fourth-order valence-corrected chi connectivity index (χ4v) is 4.20. The van der Waals surface area contributed by atoms with Crippen LogP contribution in [0.2, 0.25) is 18.1 Å². The third kappa shape index (κ3) is 4.79. The molecule has 0 unspecified atom stereocenters. The van der Waals surface area contributed by atoms with Gasteiger partial charge in [-0.1, -0.05) is 32.4 Å². The van der Waals surface area contributed by atoms with Crippen LogP contribution in [0.4, 0.5) is 0 Å². The monoisotopic (exact) mass is 432 g/mol. The molecule has 3 rings (SSSR count). The summed E-state index contributed by atoms with van der Waals surface area (Å²) in [5.74, 6) is 2.33. The summed E-state index contributed by atoms with van der Waals surface area (Å²) < 4.78 is 23.9. The van der Waals surface area contributed by atoms with Gasteiger partial charge in [-0.2, -0.15) is 0 Å². The molecule has 0 N–H and O–H groups in total. The minimum Gasteiger partial charge on any atom is -0.544 e. The Morgan fingerprint density at radius 2 is 1.69 bits per heavy atom. The van der Waals surface area contributed by atoms with Crippen LogP contribution in [0, 0.1) is 0 Å². The van der Waals surface area contributed by atoms with Crippen molar-refractivity contribution in [2.75, 3.05) is 20.3 Å². The van der Waals surface area contributed by atoms with Crippen LogP contribution in [0.15, 0.2) is 40.8 Å². The number of benzene rings is 2. The Labute approximate surface area is 179 Å². The lowest BCUT2D eigenvalue weighted by Crippen LogP contribution is -2.15. The van der Waals surface area contributed by atoms with Gasteiger partial charge in [0.2, 0.25) is 9.04 Å². The van der Waals surface area contributed by atoms with E-state index in [2.05, 4.69) is 33.9 Å². The van der Waals surface area contributed by atoms with E-state index in [1.165, 1.54) is 0 Å². The lowest BCUT2D eigenvalue weighted by molar-refractivity contribution is 0.146. The molecular formula is C23H29ClO4Si. The maximum atomic E-state index is 6.36. The molecule has 0 bridgehead atoms. The average Bonchev–Trinajstić information content (AvgIpc) is 3.03. The highest BCUT2D eigenvalue weighted by Gasteiger charge is 2.30. The van der Waals surface area contributed by atoms with E-state index in [9.17, 15) is 0 Å². The van der Waals surface area contributed by atoms with Gasteiger partial charge in [0.15, 0.2) is 5.75 Å². The zero-order chi connectivity index (χ0) is 21.2. The molecule has 0 radical (unpaired) electrons. The summed E-state index contributed by atoms with van der Waals surface area (Å²) in [5.41, 5.74) is 2.69. The summed E-state index contributed by atoms with van der Waals surface area (Å²) in [5, 5.41) is 1.66. The summed E-state index contributed by atoms with van der Waals surface area (Å²) >= 11 is 6.10. The summed E-state index contributed by atoms with van der Waals surface area (Å²) in [4.78, 5) is 0. The Balaban J connectivity index is 2.28. The summed E-state index contributed by atoms with van der Waals surface area (Å²) in [6.45, 7) is 11.8. The zero-order valence-corrected chi connectivity index (χ0v) is 19.9. The molecule has 0 saturated heterocycles. The number of ether oxygens (including phenoxy) is 2. The lowest BCUT2D eigenvalue weighted by atomic mass is 9.83. The molecule has 156 valence electrons. The highest BCUT2D eigenvalue weighted by atomic mass is 35.5. The van der Waals surface area contributed by atoms with E-state index >= 15 is 0 Å². The Hall–Kier alpha value is -1.95. The van der Waals surface area contributed by atoms with Crippen molar-refractivity contribution in [3.05, 3.63) is 47.0 Å². The molecule has 0 aliphatic heterocycles. The van der Waals surface area contributed by atoms with Crippen LogP contribution < -0.4 is 9.16 Å². The van der Waals surface area contributed by atoms with E-state index < -0.39 is 9.04 Å². The number of fused-ring (bicyclic) bond motifs is 1. The van der Waals surface area contributed by atoms with Crippen LogP contribution in [-0.2, 0) is 10.2 Å². The van der Waals surface area contributed by atoms with Crippen molar-refractivity contribution in [3.8, 4) is 22.8 Å². The van der Waals surface area contributed by atoms with Gasteiger partial charge in [0.25, 0.3) is 0 Å². The van der Waals surface area contributed by atoms with Crippen LogP contribution in [0.25, 0.3) is 22.3 Å². The molecule has 29 heavy (non-hydrogen) atoms. The maximum Gasteiger partial charge on any atom is 0.229 e. The second-order valence-corrected chi connectivity index (χ2v) is 11.1. The molecule has 1 heterocycles. The summed E-state index contributed by atoms with van der Waals surface area (Å²) in [7, 11) is 0.347. The van der Waals surface area contributed by atoms with Crippen molar-refractivity contribution in [2.24, 2.45) is 0 Å². The fraction of sp³-hybridized carbons (Fsp3) is 0.391. The molecule has 0 atom stereocenters. The van der Waals surface area contributed by atoms with Crippen LogP contribution in [0.5, 0.6) is 11.5 Å². The molecule has 0 saturated carbocycles. The Bertz CT molecular complexity index is 971. The van der Waals surface area contributed by atoms with Gasteiger partial charge in [-0.15, -0.1) is 0 Å². The van der Waals surface area contributed by atoms with Crippen molar-refractivity contribution in [3.63, 3.8) is 0 Å². The number of hydrogen-bond acceptors (Lipinski definition) is 4. The first-order valence-electron chi connectivity index (χ1n) is 9.86. The first kappa shape index (κ1) is 21.7. The molecule has 0 fully saturated rings. The molecule has 0 spiro atoms. The number of hydrogen-bond donors (Lipinski definition) is 0. The van der Waals surface area contributed by atoms with Crippen molar-refractivity contribution >= 4 is 31.6 Å². The zero-order valence-electron chi connectivity index (χ0n) is 18.0. The molecule has 0 aliphatic carbocycles. The number of halogens is 1. The number of rotatable bonds is 7. The smallest absolute Gasteiger partial charge is 0.229 e. The summed E-state index contributed by atoms with van der Waals surface area (Å²) in [6, 6.07) is 11.6. The van der Waals surface area contributed by atoms with E-state index in [4.69, 9.17) is 29.9 Å². The third-order valence-electron chi connectivity index (χ3n) is 4.53. The van der Waals surface area contributed by atoms with Gasteiger partial charge in [0, 0.05) is 23.3 Å². The van der Waals surface area contributed by atoms with Crippen molar-refractivity contribution in [2.45, 2.75) is 39.3 Å². The fourth-order valence-electron chi connectivity index (χ4n) is 3.38. The van der Waals surface area contributed by atoms with E-state index in [1.54, 1.807) is 7.11 Å². The normalized spacial score (nSPS) is 12.0. The molecule has 0 amide bonds. The van der Waals surface area contributed by atoms with E-state index in [1.807, 2.05) is 36.4 Å². The molecule has 2 aromatic carbocycles. The highest BCUT2D eigenvalue weighted by molar-refractivity contribution is 6.49. The van der Waals surface area contributed by atoms with Gasteiger partial charge < -0.3 is 18.3 Å². The number of furan rings is 1. The molecule has 0 aliphatic rings. The first-order valence-corrected chi connectivity index (χ1v) is 13.0. The predicted octanol–water partition coefficient (Wildman–Crippen LogP) is 6.44. The second-order valence-electron chi connectivity index (χ2n) is 8.34. The van der Waals surface area contributed by atoms with Crippen LogP contribution in [0.3, 0.4) is 0 Å². The standard InChI is InChI=1S/C23H29ClO4Si/c1-23(2,3)20-19-17(27-21(20)15-7-9-16(24)10-8-15)11-12-18(28-29(5)6)22(19)26-14-13-25-4/h7-12,29H,13-14H2,1-6H3.